The van der Waals surface area contributed by atoms with Crippen LogP contribution in [0.15, 0.2) is 101 Å². The lowest BCUT2D eigenvalue weighted by Gasteiger charge is -2.08. The van der Waals surface area contributed by atoms with Crippen LogP contribution >= 0.6 is 0 Å². The molecular weight excluding hydrogens is 360 g/mol. The van der Waals surface area contributed by atoms with E-state index in [2.05, 4.69) is 6.58 Å². The first-order valence-corrected chi connectivity index (χ1v) is 9.74. The first-order chi connectivity index (χ1) is 12.9. The van der Waals surface area contributed by atoms with Gasteiger partial charge in [0.25, 0.3) is 0 Å². The summed E-state index contributed by atoms with van der Waals surface area (Å²) in [4.78, 5) is 11.9. The zero-order valence-corrected chi connectivity index (χ0v) is 15.6. The quantitative estimate of drug-likeness (QED) is 0.368. The van der Waals surface area contributed by atoms with Crippen molar-refractivity contribution in [2.45, 2.75) is 16.7 Å². The summed E-state index contributed by atoms with van der Waals surface area (Å²) in [6.07, 6.45) is 0. The van der Waals surface area contributed by atoms with Gasteiger partial charge in [-0.25, -0.2) is 13.2 Å². The van der Waals surface area contributed by atoms with Crippen molar-refractivity contribution in [1.29, 1.82) is 0 Å². The van der Waals surface area contributed by atoms with Crippen molar-refractivity contribution in [2.24, 2.45) is 0 Å². The fraction of sp³-hybridized carbons (Fsp3) is 0.0455. The second kappa shape index (κ2) is 7.60. The maximum atomic E-state index is 12.8. The molecule has 0 heterocycles. The minimum Gasteiger partial charge on any atom is -0.423 e. The van der Waals surface area contributed by atoms with Crippen molar-refractivity contribution in [3.8, 4) is 16.9 Å². The molecule has 0 saturated heterocycles. The number of hydrogen-bond acceptors (Lipinski definition) is 4. The number of esters is 1. The largest absolute Gasteiger partial charge is 0.423 e. The molecular formula is C22H18O4S. The van der Waals surface area contributed by atoms with E-state index in [1.54, 1.807) is 31.2 Å². The van der Waals surface area contributed by atoms with Gasteiger partial charge in [-0.15, -0.1) is 0 Å². The van der Waals surface area contributed by atoms with Gasteiger partial charge in [0.1, 0.15) is 5.75 Å². The van der Waals surface area contributed by atoms with Crippen molar-refractivity contribution in [2.75, 3.05) is 0 Å². The minimum atomic E-state index is -3.66. The second-order valence-electron chi connectivity index (χ2n) is 6.04. The lowest BCUT2D eigenvalue weighted by molar-refractivity contribution is -0.130. The Bertz CT molecular complexity index is 1070. The molecule has 3 aromatic rings. The van der Waals surface area contributed by atoms with E-state index >= 15 is 0 Å². The fourth-order valence-electron chi connectivity index (χ4n) is 2.47. The molecule has 136 valence electrons. The molecule has 3 aromatic carbocycles. The smallest absolute Gasteiger partial charge is 0.338 e. The average Bonchev–Trinajstić information content (AvgIpc) is 2.69. The monoisotopic (exact) mass is 378 g/mol. The van der Waals surface area contributed by atoms with Gasteiger partial charge in [0.05, 0.1) is 9.79 Å². The Morgan fingerprint density at radius 3 is 1.78 bits per heavy atom. The Kier molecular flexibility index (Phi) is 5.23. The molecule has 3 rings (SSSR count). The molecule has 4 nitrogen and oxygen atoms in total. The van der Waals surface area contributed by atoms with Crippen LogP contribution in [0.4, 0.5) is 0 Å². The molecule has 0 bridgehead atoms. The average molecular weight is 378 g/mol. The zero-order chi connectivity index (χ0) is 19.4. The number of rotatable bonds is 5. The predicted molar refractivity (Wildman–Crippen MR) is 104 cm³/mol. The fourth-order valence-corrected chi connectivity index (χ4v) is 3.74. The summed E-state index contributed by atoms with van der Waals surface area (Å²) in [6.45, 7) is 5.05. The Morgan fingerprint density at radius 1 is 0.778 bits per heavy atom. The molecule has 5 heteroatoms. The van der Waals surface area contributed by atoms with Crippen LogP contribution in [0.5, 0.6) is 5.75 Å². The van der Waals surface area contributed by atoms with Crippen LogP contribution in [-0.2, 0) is 14.6 Å². The van der Waals surface area contributed by atoms with E-state index in [0.29, 0.717) is 0 Å². The number of carbonyl (C=O) groups excluding carboxylic acids is 1. The van der Waals surface area contributed by atoms with Gasteiger partial charge in [0.2, 0.25) is 9.84 Å². The highest BCUT2D eigenvalue weighted by Gasteiger charge is 2.18. The summed E-state index contributed by atoms with van der Waals surface area (Å²) in [7, 11) is -3.66. The highest BCUT2D eigenvalue weighted by molar-refractivity contribution is 7.91. The molecule has 0 aliphatic heterocycles. The number of carbonyl (C=O) groups is 1. The van der Waals surface area contributed by atoms with Crippen LogP contribution in [0, 0.1) is 0 Å². The van der Waals surface area contributed by atoms with Crippen molar-refractivity contribution in [3.05, 3.63) is 91.0 Å². The third-order valence-corrected chi connectivity index (χ3v) is 5.75. The highest BCUT2D eigenvalue weighted by Crippen LogP contribution is 2.26. The molecule has 0 radical (unpaired) electrons. The summed E-state index contributed by atoms with van der Waals surface area (Å²) >= 11 is 0. The maximum Gasteiger partial charge on any atom is 0.338 e. The Hall–Kier alpha value is -3.18. The lowest BCUT2D eigenvalue weighted by atomic mass is 10.1. The number of ether oxygens (including phenoxy) is 1. The van der Waals surface area contributed by atoms with E-state index in [1.165, 1.54) is 24.3 Å². The number of benzene rings is 3. The molecule has 0 saturated carbocycles. The van der Waals surface area contributed by atoms with Gasteiger partial charge in [-0.3, -0.25) is 0 Å². The minimum absolute atomic E-state index is 0.130. The van der Waals surface area contributed by atoms with E-state index in [0.717, 1.165) is 11.1 Å². The van der Waals surface area contributed by atoms with Gasteiger partial charge in [-0.05, 0) is 54.4 Å². The lowest BCUT2D eigenvalue weighted by Crippen LogP contribution is -2.08. The van der Waals surface area contributed by atoms with Crippen LogP contribution in [-0.4, -0.2) is 14.4 Å². The first-order valence-electron chi connectivity index (χ1n) is 8.26. The standard InChI is InChI=1S/C22H18O4S/c1-16(2)22(23)26-19-10-14-21(15-11-19)27(24,25)20-12-8-18(9-13-20)17-6-4-3-5-7-17/h3-15H,1H2,2H3. The summed E-state index contributed by atoms with van der Waals surface area (Å²) in [5.41, 5.74) is 2.23. The van der Waals surface area contributed by atoms with E-state index in [-0.39, 0.29) is 21.1 Å². The molecule has 0 atom stereocenters. The van der Waals surface area contributed by atoms with Crippen molar-refractivity contribution in [1.82, 2.24) is 0 Å². The molecule has 27 heavy (non-hydrogen) atoms. The van der Waals surface area contributed by atoms with E-state index in [1.807, 2.05) is 30.3 Å². The van der Waals surface area contributed by atoms with Crippen LogP contribution in [0.3, 0.4) is 0 Å². The molecule has 0 fully saturated rings. The predicted octanol–water partition coefficient (Wildman–Crippen LogP) is 4.67. The van der Waals surface area contributed by atoms with Gasteiger partial charge < -0.3 is 4.74 Å². The van der Waals surface area contributed by atoms with Crippen molar-refractivity contribution in [3.63, 3.8) is 0 Å². The van der Waals surface area contributed by atoms with E-state index < -0.39 is 15.8 Å². The third-order valence-electron chi connectivity index (χ3n) is 3.96. The SMILES string of the molecule is C=C(C)C(=O)Oc1ccc(S(=O)(=O)c2ccc(-c3ccccc3)cc2)cc1. The molecule has 0 aliphatic carbocycles. The summed E-state index contributed by atoms with van der Waals surface area (Å²) < 4.78 is 30.7. The van der Waals surface area contributed by atoms with Crippen LogP contribution < -0.4 is 4.74 Å². The topological polar surface area (TPSA) is 60.4 Å². The van der Waals surface area contributed by atoms with Crippen LogP contribution in [0.25, 0.3) is 11.1 Å². The normalized spacial score (nSPS) is 11.0. The summed E-state index contributed by atoms with van der Waals surface area (Å²) in [5.74, 6) is -0.288. The third kappa shape index (κ3) is 4.15. The molecule has 0 N–H and O–H groups in total. The molecule has 0 aromatic heterocycles. The van der Waals surface area contributed by atoms with Gasteiger partial charge in [-0.2, -0.15) is 0 Å². The highest BCUT2D eigenvalue weighted by atomic mass is 32.2. The summed E-state index contributed by atoms with van der Waals surface area (Å²) in [6, 6.07) is 22.2. The molecule has 0 aliphatic rings. The molecule has 0 amide bonds. The molecule has 0 unspecified atom stereocenters. The van der Waals surface area contributed by atoms with E-state index in [4.69, 9.17) is 4.74 Å². The van der Waals surface area contributed by atoms with Gasteiger partial charge in [-0.1, -0.05) is 49.0 Å². The Morgan fingerprint density at radius 2 is 1.26 bits per heavy atom. The zero-order valence-electron chi connectivity index (χ0n) is 14.8. The Labute approximate surface area is 158 Å². The van der Waals surface area contributed by atoms with E-state index in [9.17, 15) is 13.2 Å². The number of sulfone groups is 1. The molecule has 0 spiro atoms. The van der Waals surface area contributed by atoms with Crippen molar-refractivity contribution < 1.29 is 17.9 Å². The second-order valence-corrected chi connectivity index (χ2v) is 7.98. The van der Waals surface area contributed by atoms with Crippen LogP contribution in [0.2, 0.25) is 0 Å². The Balaban J connectivity index is 1.84. The van der Waals surface area contributed by atoms with Gasteiger partial charge in [0, 0.05) is 5.57 Å². The summed E-state index contributed by atoms with van der Waals surface area (Å²) in [5, 5.41) is 0. The number of hydrogen-bond donors (Lipinski definition) is 0. The maximum absolute atomic E-state index is 12.8. The van der Waals surface area contributed by atoms with Gasteiger partial charge >= 0.3 is 5.97 Å². The van der Waals surface area contributed by atoms with Crippen LogP contribution in [0.1, 0.15) is 6.92 Å². The van der Waals surface area contributed by atoms with Crippen molar-refractivity contribution >= 4 is 15.8 Å². The van der Waals surface area contributed by atoms with Gasteiger partial charge in [0.15, 0.2) is 0 Å². The first kappa shape index (κ1) is 18.6.